The first-order valence-corrected chi connectivity index (χ1v) is 6.40. The molecule has 0 aliphatic rings. The Kier molecular flexibility index (Phi) is 4.53. The summed E-state index contributed by atoms with van der Waals surface area (Å²) in [7, 11) is 0. The summed E-state index contributed by atoms with van der Waals surface area (Å²) in [6.45, 7) is 3.08. The predicted molar refractivity (Wildman–Crippen MR) is 75.0 cm³/mol. The second-order valence-electron chi connectivity index (χ2n) is 4.25. The molecule has 0 saturated carbocycles. The van der Waals surface area contributed by atoms with Crippen molar-refractivity contribution in [3.8, 4) is 0 Å². The van der Waals surface area contributed by atoms with E-state index in [-0.39, 0.29) is 0 Å². The molecule has 0 spiro atoms. The number of nitrogens with one attached hydrogen (secondary N) is 1. The molecule has 4 heteroatoms. The van der Waals surface area contributed by atoms with Gasteiger partial charge in [-0.1, -0.05) is 48.9 Å². The lowest BCUT2D eigenvalue weighted by molar-refractivity contribution is 0.704. The summed E-state index contributed by atoms with van der Waals surface area (Å²) >= 11 is 5.77. The van der Waals surface area contributed by atoms with Gasteiger partial charge in [0.2, 0.25) is 0 Å². The minimum Gasteiger partial charge on any atom is -0.369 e. The van der Waals surface area contributed by atoms with Crippen molar-refractivity contribution in [1.29, 1.82) is 0 Å². The average molecular weight is 262 g/mol. The molecule has 2 rings (SSSR count). The quantitative estimate of drug-likeness (QED) is 0.891. The number of halogens is 1. The first-order chi connectivity index (χ1) is 8.75. The van der Waals surface area contributed by atoms with Crippen LogP contribution in [-0.4, -0.2) is 16.5 Å². The molecule has 0 fully saturated rings. The van der Waals surface area contributed by atoms with Crippen LogP contribution in [0, 0.1) is 0 Å². The lowest BCUT2D eigenvalue weighted by Gasteiger charge is -2.12. The van der Waals surface area contributed by atoms with Crippen LogP contribution in [0.4, 0.5) is 5.82 Å². The standard InChI is InChI=1S/C14H16ClN3/c1-11(12-5-3-2-4-6-12)7-8-17-14-10-16-9-13(15)18-14/h2-6,9-11H,7-8H2,1H3,(H,17,18). The van der Waals surface area contributed by atoms with Crippen molar-refractivity contribution in [3.63, 3.8) is 0 Å². The fourth-order valence-corrected chi connectivity index (χ4v) is 1.94. The van der Waals surface area contributed by atoms with Gasteiger partial charge in [-0.15, -0.1) is 0 Å². The normalized spacial score (nSPS) is 12.1. The minimum absolute atomic E-state index is 0.413. The maximum absolute atomic E-state index is 5.77. The highest BCUT2D eigenvalue weighted by Crippen LogP contribution is 2.18. The first kappa shape index (κ1) is 12.8. The van der Waals surface area contributed by atoms with Crippen LogP contribution >= 0.6 is 11.6 Å². The third kappa shape index (κ3) is 3.70. The summed E-state index contributed by atoms with van der Waals surface area (Å²) in [5, 5.41) is 3.64. The molecule has 0 amide bonds. The smallest absolute Gasteiger partial charge is 0.149 e. The fourth-order valence-electron chi connectivity index (χ4n) is 1.79. The molecule has 2 aromatic rings. The molecule has 1 N–H and O–H groups in total. The van der Waals surface area contributed by atoms with Gasteiger partial charge in [0.15, 0.2) is 0 Å². The van der Waals surface area contributed by atoms with E-state index in [0.29, 0.717) is 11.1 Å². The van der Waals surface area contributed by atoms with Crippen molar-refractivity contribution < 1.29 is 0 Å². The molecular weight excluding hydrogens is 246 g/mol. The highest BCUT2D eigenvalue weighted by atomic mass is 35.5. The van der Waals surface area contributed by atoms with E-state index in [4.69, 9.17) is 11.6 Å². The molecule has 1 heterocycles. The number of benzene rings is 1. The van der Waals surface area contributed by atoms with Gasteiger partial charge in [0.25, 0.3) is 0 Å². The summed E-state index contributed by atoms with van der Waals surface area (Å²) in [6.07, 6.45) is 4.25. The van der Waals surface area contributed by atoms with Gasteiger partial charge in [0.05, 0.1) is 12.4 Å². The zero-order chi connectivity index (χ0) is 12.8. The van der Waals surface area contributed by atoms with E-state index < -0.39 is 0 Å². The lowest BCUT2D eigenvalue weighted by atomic mass is 9.98. The summed E-state index contributed by atoms with van der Waals surface area (Å²) in [6, 6.07) is 10.5. The van der Waals surface area contributed by atoms with Gasteiger partial charge in [-0.3, -0.25) is 4.98 Å². The molecular formula is C14H16ClN3. The van der Waals surface area contributed by atoms with Crippen LogP contribution in [0.2, 0.25) is 5.15 Å². The van der Waals surface area contributed by atoms with E-state index in [1.54, 1.807) is 6.20 Å². The van der Waals surface area contributed by atoms with Crippen LogP contribution in [0.1, 0.15) is 24.8 Å². The molecule has 1 aromatic carbocycles. The van der Waals surface area contributed by atoms with Crippen molar-refractivity contribution in [2.45, 2.75) is 19.3 Å². The summed E-state index contributed by atoms with van der Waals surface area (Å²) < 4.78 is 0. The Morgan fingerprint density at radius 2 is 2.00 bits per heavy atom. The maximum Gasteiger partial charge on any atom is 0.149 e. The van der Waals surface area contributed by atoms with Gasteiger partial charge in [-0.2, -0.15) is 0 Å². The Morgan fingerprint density at radius 1 is 1.22 bits per heavy atom. The lowest BCUT2D eigenvalue weighted by Crippen LogP contribution is -2.07. The Hall–Kier alpha value is -1.61. The van der Waals surface area contributed by atoms with Crippen LogP contribution in [0.15, 0.2) is 42.7 Å². The van der Waals surface area contributed by atoms with E-state index in [9.17, 15) is 0 Å². The zero-order valence-electron chi connectivity index (χ0n) is 10.3. The van der Waals surface area contributed by atoms with Crippen molar-refractivity contribution in [3.05, 3.63) is 53.4 Å². The maximum atomic E-state index is 5.77. The molecule has 1 unspecified atom stereocenters. The topological polar surface area (TPSA) is 37.8 Å². The van der Waals surface area contributed by atoms with Gasteiger partial charge in [-0.25, -0.2) is 4.98 Å². The number of anilines is 1. The molecule has 3 nitrogen and oxygen atoms in total. The van der Waals surface area contributed by atoms with Gasteiger partial charge in [0.1, 0.15) is 11.0 Å². The Morgan fingerprint density at radius 3 is 2.72 bits per heavy atom. The number of aromatic nitrogens is 2. The van der Waals surface area contributed by atoms with Crippen molar-refractivity contribution in [2.75, 3.05) is 11.9 Å². The van der Waals surface area contributed by atoms with Gasteiger partial charge in [0, 0.05) is 6.54 Å². The monoisotopic (exact) mass is 261 g/mol. The fraction of sp³-hybridized carbons (Fsp3) is 0.286. The average Bonchev–Trinajstić information content (AvgIpc) is 2.40. The molecule has 94 valence electrons. The zero-order valence-corrected chi connectivity index (χ0v) is 11.1. The van der Waals surface area contributed by atoms with E-state index in [0.717, 1.165) is 18.8 Å². The second kappa shape index (κ2) is 6.36. The van der Waals surface area contributed by atoms with E-state index in [1.165, 1.54) is 11.8 Å². The van der Waals surface area contributed by atoms with Crippen LogP contribution in [0.25, 0.3) is 0 Å². The summed E-state index contributed by atoms with van der Waals surface area (Å²) in [5.74, 6) is 1.24. The van der Waals surface area contributed by atoms with E-state index in [1.807, 2.05) is 6.07 Å². The SMILES string of the molecule is CC(CCNc1cncc(Cl)n1)c1ccccc1. The highest BCUT2D eigenvalue weighted by molar-refractivity contribution is 6.29. The van der Waals surface area contributed by atoms with Crippen molar-refractivity contribution >= 4 is 17.4 Å². The summed E-state index contributed by atoms with van der Waals surface area (Å²) in [4.78, 5) is 8.12. The molecule has 0 aliphatic heterocycles. The van der Waals surface area contributed by atoms with Gasteiger partial charge < -0.3 is 5.32 Å². The molecule has 0 bridgehead atoms. The van der Waals surface area contributed by atoms with Gasteiger partial charge in [-0.05, 0) is 17.9 Å². The molecule has 1 aromatic heterocycles. The Balaban J connectivity index is 1.82. The largest absolute Gasteiger partial charge is 0.369 e. The van der Waals surface area contributed by atoms with E-state index >= 15 is 0 Å². The summed E-state index contributed by atoms with van der Waals surface area (Å²) in [5.41, 5.74) is 1.36. The molecule has 0 saturated heterocycles. The molecule has 1 atom stereocenters. The third-order valence-corrected chi connectivity index (χ3v) is 3.04. The molecule has 18 heavy (non-hydrogen) atoms. The number of hydrogen-bond acceptors (Lipinski definition) is 3. The second-order valence-corrected chi connectivity index (χ2v) is 4.64. The molecule has 0 aliphatic carbocycles. The highest BCUT2D eigenvalue weighted by Gasteiger charge is 2.04. The number of nitrogens with zero attached hydrogens (tertiary/aromatic N) is 2. The first-order valence-electron chi connectivity index (χ1n) is 6.02. The minimum atomic E-state index is 0.413. The van der Waals surface area contributed by atoms with E-state index in [2.05, 4.69) is 46.5 Å². The third-order valence-electron chi connectivity index (χ3n) is 2.86. The Labute approximate surface area is 112 Å². The van der Waals surface area contributed by atoms with Gasteiger partial charge >= 0.3 is 0 Å². The van der Waals surface area contributed by atoms with Crippen LogP contribution < -0.4 is 5.32 Å². The van der Waals surface area contributed by atoms with Crippen LogP contribution in [0.5, 0.6) is 0 Å². The van der Waals surface area contributed by atoms with Crippen LogP contribution in [-0.2, 0) is 0 Å². The van der Waals surface area contributed by atoms with Crippen molar-refractivity contribution in [1.82, 2.24) is 9.97 Å². The van der Waals surface area contributed by atoms with Crippen molar-refractivity contribution in [2.24, 2.45) is 0 Å². The predicted octanol–water partition coefficient (Wildman–Crippen LogP) is 3.74. The number of rotatable bonds is 5. The Bertz CT molecular complexity index is 487. The number of hydrogen-bond donors (Lipinski definition) is 1. The van der Waals surface area contributed by atoms with Crippen LogP contribution in [0.3, 0.4) is 0 Å². The molecule has 0 radical (unpaired) electrons.